The smallest absolute Gasteiger partial charge is 0.165 e. The Morgan fingerprint density at radius 3 is 2.42 bits per heavy atom. The normalized spacial score (nSPS) is 10.8. The standard InChI is InChI=1S/C16H16BrFO/c1-11(2)13-5-3-12(4-6-13)10-19-16-9-14(17)7-8-15(16)18/h3-9,11H,10H2,1-2H3. The van der Waals surface area contributed by atoms with Gasteiger partial charge in [0.05, 0.1) is 0 Å². The maximum atomic E-state index is 13.5. The number of hydrogen-bond acceptors (Lipinski definition) is 1. The summed E-state index contributed by atoms with van der Waals surface area (Å²) in [5.74, 6) is 0.432. The highest BCUT2D eigenvalue weighted by Gasteiger charge is 2.05. The Morgan fingerprint density at radius 2 is 1.79 bits per heavy atom. The molecule has 19 heavy (non-hydrogen) atoms. The van der Waals surface area contributed by atoms with E-state index in [9.17, 15) is 4.39 Å². The predicted octanol–water partition coefficient (Wildman–Crippen LogP) is 5.29. The molecule has 1 nitrogen and oxygen atoms in total. The van der Waals surface area contributed by atoms with Crippen LogP contribution >= 0.6 is 15.9 Å². The molecular weight excluding hydrogens is 307 g/mol. The van der Waals surface area contributed by atoms with Crippen molar-refractivity contribution in [1.29, 1.82) is 0 Å². The van der Waals surface area contributed by atoms with Crippen LogP contribution < -0.4 is 4.74 Å². The highest BCUT2D eigenvalue weighted by molar-refractivity contribution is 9.10. The molecule has 2 aromatic carbocycles. The third-order valence-corrected chi connectivity index (χ3v) is 3.43. The zero-order chi connectivity index (χ0) is 13.8. The molecule has 0 aliphatic heterocycles. The van der Waals surface area contributed by atoms with Crippen LogP contribution in [0.25, 0.3) is 0 Å². The minimum absolute atomic E-state index is 0.266. The van der Waals surface area contributed by atoms with Crippen molar-refractivity contribution in [3.05, 3.63) is 63.9 Å². The number of benzene rings is 2. The van der Waals surface area contributed by atoms with E-state index in [-0.39, 0.29) is 11.6 Å². The summed E-state index contributed by atoms with van der Waals surface area (Å²) in [5.41, 5.74) is 2.32. The molecule has 0 heterocycles. The molecule has 0 aliphatic carbocycles. The van der Waals surface area contributed by atoms with Crippen LogP contribution in [0.2, 0.25) is 0 Å². The third-order valence-electron chi connectivity index (χ3n) is 2.93. The summed E-state index contributed by atoms with van der Waals surface area (Å²) in [6.07, 6.45) is 0. The van der Waals surface area contributed by atoms with E-state index in [1.165, 1.54) is 11.6 Å². The Bertz CT molecular complexity index is 549. The van der Waals surface area contributed by atoms with Crippen molar-refractivity contribution in [2.24, 2.45) is 0 Å². The van der Waals surface area contributed by atoms with Crippen LogP contribution in [0.5, 0.6) is 5.75 Å². The Labute approximate surface area is 121 Å². The fourth-order valence-electron chi connectivity index (χ4n) is 1.75. The van der Waals surface area contributed by atoms with Gasteiger partial charge in [-0.3, -0.25) is 0 Å². The summed E-state index contributed by atoms with van der Waals surface area (Å²) < 4.78 is 19.8. The molecule has 0 atom stereocenters. The van der Waals surface area contributed by atoms with Gasteiger partial charge in [0.25, 0.3) is 0 Å². The summed E-state index contributed by atoms with van der Waals surface area (Å²) in [7, 11) is 0. The number of halogens is 2. The molecule has 0 amide bonds. The van der Waals surface area contributed by atoms with Crippen LogP contribution in [-0.2, 0) is 6.61 Å². The zero-order valence-corrected chi connectivity index (χ0v) is 12.6. The molecule has 0 bridgehead atoms. The average molecular weight is 323 g/mol. The lowest BCUT2D eigenvalue weighted by molar-refractivity contribution is 0.290. The molecule has 0 radical (unpaired) electrons. The van der Waals surface area contributed by atoms with Gasteiger partial charge in [0.15, 0.2) is 11.6 Å². The summed E-state index contributed by atoms with van der Waals surface area (Å²) in [4.78, 5) is 0. The topological polar surface area (TPSA) is 9.23 Å². The van der Waals surface area contributed by atoms with Gasteiger partial charge in [0.1, 0.15) is 6.61 Å². The highest BCUT2D eigenvalue weighted by atomic mass is 79.9. The van der Waals surface area contributed by atoms with E-state index in [1.54, 1.807) is 12.1 Å². The largest absolute Gasteiger partial charge is 0.486 e. The van der Waals surface area contributed by atoms with Crippen molar-refractivity contribution in [3.8, 4) is 5.75 Å². The minimum atomic E-state index is -0.345. The van der Waals surface area contributed by atoms with E-state index in [0.717, 1.165) is 10.0 Å². The monoisotopic (exact) mass is 322 g/mol. The van der Waals surface area contributed by atoms with Gasteiger partial charge < -0.3 is 4.74 Å². The zero-order valence-electron chi connectivity index (χ0n) is 11.0. The van der Waals surface area contributed by atoms with E-state index >= 15 is 0 Å². The van der Waals surface area contributed by atoms with Crippen LogP contribution in [0, 0.1) is 5.82 Å². The lowest BCUT2D eigenvalue weighted by Crippen LogP contribution is -1.98. The van der Waals surface area contributed by atoms with Crippen molar-refractivity contribution >= 4 is 15.9 Å². The van der Waals surface area contributed by atoms with Gasteiger partial charge >= 0.3 is 0 Å². The van der Waals surface area contributed by atoms with E-state index < -0.39 is 0 Å². The first-order valence-corrected chi connectivity index (χ1v) is 7.02. The molecule has 0 N–H and O–H groups in total. The molecule has 0 fully saturated rings. The van der Waals surface area contributed by atoms with E-state index in [4.69, 9.17) is 4.74 Å². The summed E-state index contributed by atoms with van der Waals surface area (Å²) in [6, 6.07) is 12.9. The highest BCUT2D eigenvalue weighted by Crippen LogP contribution is 2.23. The maximum Gasteiger partial charge on any atom is 0.165 e. The van der Waals surface area contributed by atoms with Gasteiger partial charge in [-0.2, -0.15) is 0 Å². The molecule has 0 saturated heterocycles. The summed E-state index contributed by atoms with van der Waals surface area (Å²) in [6.45, 7) is 4.68. The maximum absolute atomic E-state index is 13.5. The average Bonchev–Trinajstić information content (AvgIpc) is 2.40. The van der Waals surface area contributed by atoms with Gasteiger partial charge in [0.2, 0.25) is 0 Å². The first kappa shape index (κ1) is 14.1. The Kier molecular flexibility index (Phi) is 4.59. The van der Waals surface area contributed by atoms with Gasteiger partial charge in [-0.15, -0.1) is 0 Å². The quantitative estimate of drug-likeness (QED) is 0.743. The third kappa shape index (κ3) is 3.80. The van der Waals surface area contributed by atoms with E-state index in [2.05, 4.69) is 41.9 Å². The van der Waals surface area contributed by atoms with Crippen molar-refractivity contribution in [2.45, 2.75) is 26.4 Å². The summed E-state index contributed by atoms with van der Waals surface area (Å²) in [5, 5.41) is 0. The first-order chi connectivity index (χ1) is 9.06. The molecule has 0 unspecified atom stereocenters. The summed E-state index contributed by atoms with van der Waals surface area (Å²) >= 11 is 3.30. The first-order valence-electron chi connectivity index (χ1n) is 6.23. The Balaban J connectivity index is 2.04. The van der Waals surface area contributed by atoms with Crippen LogP contribution in [0.15, 0.2) is 46.9 Å². The van der Waals surface area contributed by atoms with Crippen molar-refractivity contribution in [1.82, 2.24) is 0 Å². The fraction of sp³-hybridized carbons (Fsp3) is 0.250. The molecule has 2 aromatic rings. The minimum Gasteiger partial charge on any atom is -0.486 e. The SMILES string of the molecule is CC(C)c1ccc(COc2cc(Br)ccc2F)cc1. The van der Waals surface area contributed by atoms with Gasteiger partial charge in [-0.05, 0) is 35.2 Å². The second kappa shape index (κ2) is 6.20. The predicted molar refractivity (Wildman–Crippen MR) is 79.0 cm³/mol. The Morgan fingerprint density at radius 1 is 1.11 bits per heavy atom. The molecule has 2 rings (SSSR count). The van der Waals surface area contributed by atoms with Crippen molar-refractivity contribution in [2.75, 3.05) is 0 Å². The number of ether oxygens (including phenoxy) is 1. The second-order valence-electron chi connectivity index (χ2n) is 4.76. The van der Waals surface area contributed by atoms with Gasteiger partial charge in [-0.25, -0.2) is 4.39 Å². The lowest BCUT2D eigenvalue weighted by Gasteiger charge is -2.09. The molecular formula is C16H16BrFO. The number of hydrogen-bond donors (Lipinski definition) is 0. The van der Waals surface area contributed by atoms with Gasteiger partial charge in [0, 0.05) is 4.47 Å². The van der Waals surface area contributed by atoms with Gasteiger partial charge in [-0.1, -0.05) is 54.0 Å². The molecule has 0 spiro atoms. The lowest BCUT2D eigenvalue weighted by atomic mass is 10.0. The molecule has 0 saturated carbocycles. The number of rotatable bonds is 4. The second-order valence-corrected chi connectivity index (χ2v) is 5.68. The van der Waals surface area contributed by atoms with E-state index in [1.807, 2.05) is 12.1 Å². The molecule has 3 heteroatoms. The Hall–Kier alpha value is -1.35. The van der Waals surface area contributed by atoms with Crippen molar-refractivity contribution in [3.63, 3.8) is 0 Å². The van der Waals surface area contributed by atoms with Crippen LogP contribution in [0.3, 0.4) is 0 Å². The van der Waals surface area contributed by atoms with Crippen LogP contribution in [-0.4, -0.2) is 0 Å². The van der Waals surface area contributed by atoms with Crippen molar-refractivity contribution < 1.29 is 9.13 Å². The molecule has 0 aromatic heterocycles. The fourth-order valence-corrected chi connectivity index (χ4v) is 2.09. The molecule has 100 valence electrons. The van der Waals surface area contributed by atoms with Crippen LogP contribution in [0.1, 0.15) is 30.9 Å². The molecule has 0 aliphatic rings. The van der Waals surface area contributed by atoms with Crippen LogP contribution in [0.4, 0.5) is 4.39 Å². The van der Waals surface area contributed by atoms with E-state index in [0.29, 0.717) is 12.5 Å².